The molecule has 28 heavy (non-hydrogen) atoms. The minimum Gasteiger partial charge on any atom is -0.489 e. The first-order chi connectivity index (χ1) is 13.3. The van der Waals surface area contributed by atoms with E-state index in [1.165, 1.54) is 17.7 Å². The summed E-state index contributed by atoms with van der Waals surface area (Å²) in [6.45, 7) is 1.27. The number of hydrogen-bond acceptors (Lipinski definition) is 3. The Morgan fingerprint density at radius 1 is 1.32 bits per heavy atom. The van der Waals surface area contributed by atoms with Crippen LogP contribution in [0.1, 0.15) is 36.8 Å². The first kappa shape index (κ1) is 20.5. The molecule has 0 saturated heterocycles. The van der Waals surface area contributed by atoms with Gasteiger partial charge in [-0.1, -0.05) is 23.8 Å². The van der Waals surface area contributed by atoms with Crippen molar-refractivity contribution in [3.05, 3.63) is 52.6 Å². The predicted molar refractivity (Wildman–Crippen MR) is 97.2 cm³/mol. The van der Waals surface area contributed by atoms with E-state index in [2.05, 4.69) is 12.2 Å². The number of hydrogen-bond donors (Lipinski definition) is 1. The largest absolute Gasteiger partial charge is 0.489 e. The van der Waals surface area contributed by atoms with E-state index >= 15 is 0 Å². The molecule has 1 N–H and O–H groups in total. The molecule has 1 heterocycles. The molecular formula is C21H23F3O4. The lowest BCUT2D eigenvalue weighted by molar-refractivity contribution is -0.140. The first-order valence-electron chi connectivity index (χ1n) is 9.34. The molecule has 4 nitrogen and oxygen atoms in total. The van der Waals surface area contributed by atoms with Crippen LogP contribution in [0.5, 0.6) is 5.75 Å². The van der Waals surface area contributed by atoms with Crippen LogP contribution >= 0.6 is 0 Å². The summed E-state index contributed by atoms with van der Waals surface area (Å²) >= 11 is 0. The lowest BCUT2D eigenvalue weighted by atomic mass is 9.90. The molecule has 1 aliphatic carbocycles. The summed E-state index contributed by atoms with van der Waals surface area (Å²) in [6, 6.07) is 3.72. The van der Waals surface area contributed by atoms with Gasteiger partial charge in [0.15, 0.2) is 0 Å². The number of benzene rings is 1. The van der Waals surface area contributed by atoms with Gasteiger partial charge in [0.2, 0.25) is 0 Å². The van der Waals surface area contributed by atoms with Gasteiger partial charge in [-0.3, -0.25) is 4.79 Å². The summed E-state index contributed by atoms with van der Waals surface area (Å²) < 4.78 is 51.3. The maximum atomic E-state index is 13.4. The molecule has 0 fully saturated rings. The molecule has 0 bridgehead atoms. The lowest BCUT2D eigenvalue weighted by Gasteiger charge is -2.25. The summed E-state index contributed by atoms with van der Waals surface area (Å²) in [4.78, 5) is 10.7. The Bertz CT molecular complexity index is 780. The van der Waals surface area contributed by atoms with Crippen molar-refractivity contribution in [2.24, 2.45) is 5.92 Å². The van der Waals surface area contributed by atoms with Crippen LogP contribution in [0.15, 0.2) is 41.5 Å². The topological polar surface area (TPSA) is 55.8 Å². The Kier molecular flexibility index (Phi) is 6.44. The summed E-state index contributed by atoms with van der Waals surface area (Å²) in [5.41, 5.74) is 1.37. The quantitative estimate of drug-likeness (QED) is 0.674. The average molecular weight is 396 g/mol. The third-order valence-electron chi connectivity index (χ3n) is 5.11. The summed E-state index contributed by atoms with van der Waals surface area (Å²) in [5.74, 6) is -0.649. The normalized spacial score (nSPS) is 19.9. The van der Waals surface area contributed by atoms with Crippen molar-refractivity contribution in [2.75, 3.05) is 19.8 Å². The van der Waals surface area contributed by atoms with Crippen LogP contribution in [0, 0.1) is 5.92 Å². The van der Waals surface area contributed by atoms with E-state index in [0.29, 0.717) is 19.1 Å². The van der Waals surface area contributed by atoms with E-state index in [1.54, 1.807) is 0 Å². The zero-order valence-corrected chi connectivity index (χ0v) is 15.4. The molecule has 0 amide bonds. The zero-order valence-electron chi connectivity index (χ0n) is 15.4. The number of carboxylic acids is 1. The monoisotopic (exact) mass is 396 g/mol. The number of rotatable bonds is 7. The van der Waals surface area contributed by atoms with E-state index in [1.807, 2.05) is 0 Å². The van der Waals surface area contributed by atoms with Gasteiger partial charge >= 0.3 is 12.1 Å². The van der Waals surface area contributed by atoms with Gasteiger partial charge in [0.05, 0.1) is 18.8 Å². The van der Waals surface area contributed by atoms with Crippen molar-refractivity contribution in [1.29, 1.82) is 0 Å². The Morgan fingerprint density at radius 3 is 2.82 bits per heavy atom. The molecule has 1 aromatic carbocycles. The highest BCUT2D eigenvalue weighted by Gasteiger charge is 2.34. The van der Waals surface area contributed by atoms with E-state index in [4.69, 9.17) is 14.6 Å². The Labute approximate surface area is 161 Å². The number of halogens is 3. The van der Waals surface area contributed by atoms with Crippen molar-refractivity contribution in [2.45, 2.75) is 38.3 Å². The van der Waals surface area contributed by atoms with Crippen LogP contribution < -0.4 is 4.74 Å². The number of ether oxygens (including phenoxy) is 2. The van der Waals surface area contributed by atoms with Crippen molar-refractivity contribution in [3.63, 3.8) is 0 Å². The molecule has 1 aliphatic heterocycles. The van der Waals surface area contributed by atoms with Gasteiger partial charge in [0, 0.05) is 6.42 Å². The number of allylic oxidation sites excluding steroid dienone is 2. The van der Waals surface area contributed by atoms with Crippen LogP contribution in [0.4, 0.5) is 13.2 Å². The van der Waals surface area contributed by atoms with Crippen molar-refractivity contribution < 1.29 is 32.5 Å². The first-order valence-corrected chi connectivity index (χ1v) is 9.34. The highest BCUT2D eigenvalue weighted by molar-refractivity contribution is 5.67. The third-order valence-corrected chi connectivity index (χ3v) is 5.11. The standard InChI is InChI=1S/C21H23F3O4/c22-21(23,24)19-11-17(7-5-15(19)6-8-20(25)26)28-13-16-12-27-10-9-18(16)14-3-1-2-4-14/h1,3,5,7,11,14H,2,4,6,8-10,12-13H2,(H,25,26). The van der Waals surface area contributed by atoms with Gasteiger partial charge < -0.3 is 14.6 Å². The maximum absolute atomic E-state index is 13.4. The Balaban J connectivity index is 1.76. The molecule has 1 aromatic rings. The van der Waals surface area contributed by atoms with Crippen LogP contribution in [-0.2, 0) is 22.1 Å². The van der Waals surface area contributed by atoms with E-state index < -0.39 is 17.7 Å². The predicted octanol–water partition coefficient (Wildman–Crippen LogP) is 4.78. The fraction of sp³-hybridized carbons (Fsp3) is 0.476. The number of carbonyl (C=O) groups is 1. The molecule has 2 aliphatic rings. The highest BCUT2D eigenvalue weighted by Crippen LogP contribution is 2.36. The maximum Gasteiger partial charge on any atom is 0.416 e. The van der Waals surface area contributed by atoms with Gasteiger partial charge in [-0.15, -0.1) is 0 Å². The molecule has 0 radical (unpaired) electrons. The molecule has 1 unspecified atom stereocenters. The minimum absolute atomic E-state index is 0.0424. The number of carboxylic acid groups (broad SMARTS) is 1. The highest BCUT2D eigenvalue weighted by atomic mass is 19.4. The number of aliphatic carboxylic acids is 1. The number of aryl methyl sites for hydroxylation is 1. The van der Waals surface area contributed by atoms with Crippen molar-refractivity contribution in [1.82, 2.24) is 0 Å². The minimum atomic E-state index is -4.57. The Morgan fingerprint density at radius 2 is 2.14 bits per heavy atom. The van der Waals surface area contributed by atoms with E-state index in [0.717, 1.165) is 30.9 Å². The van der Waals surface area contributed by atoms with Gasteiger partial charge in [0.25, 0.3) is 0 Å². The van der Waals surface area contributed by atoms with Crippen LogP contribution in [0.25, 0.3) is 0 Å². The summed E-state index contributed by atoms with van der Waals surface area (Å²) in [6.07, 6.45) is 2.13. The zero-order chi connectivity index (χ0) is 20.1. The molecule has 7 heteroatoms. The molecule has 152 valence electrons. The third kappa shape index (κ3) is 5.16. The second-order valence-corrected chi connectivity index (χ2v) is 7.04. The fourth-order valence-corrected chi connectivity index (χ4v) is 3.69. The molecule has 0 saturated carbocycles. The van der Waals surface area contributed by atoms with Gasteiger partial charge in [0.1, 0.15) is 12.4 Å². The van der Waals surface area contributed by atoms with Crippen molar-refractivity contribution >= 4 is 5.97 Å². The van der Waals surface area contributed by atoms with Gasteiger partial charge in [-0.2, -0.15) is 13.2 Å². The SMILES string of the molecule is O=C(O)CCc1ccc(OCC2=C(C3C=CCC3)CCOC2)cc1C(F)(F)F. The summed E-state index contributed by atoms with van der Waals surface area (Å²) in [5, 5.41) is 8.74. The molecular weight excluding hydrogens is 373 g/mol. The molecule has 0 aromatic heterocycles. The fourth-order valence-electron chi connectivity index (χ4n) is 3.69. The van der Waals surface area contributed by atoms with Crippen LogP contribution in [0.2, 0.25) is 0 Å². The second-order valence-electron chi connectivity index (χ2n) is 7.04. The smallest absolute Gasteiger partial charge is 0.416 e. The van der Waals surface area contributed by atoms with E-state index in [-0.39, 0.29) is 30.8 Å². The molecule has 1 atom stereocenters. The van der Waals surface area contributed by atoms with Crippen LogP contribution in [-0.4, -0.2) is 30.9 Å². The molecule has 0 spiro atoms. The van der Waals surface area contributed by atoms with Crippen LogP contribution in [0.3, 0.4) is 0 Å². The van der Waals surface area contributed by atoms with E-state index in [9.17, 15) is 18.0 Å². The second kappa shape index (κ2) is 8.82. The number of alkyl halides is 3. The average Bonchev–Trinajstić information content (AvgIpc) is 3.19. The van der Waals surface area contributed by atoms with Gasteiger partial charge in [-0.25, -0.2) is 0 Å². The lowest BCUT2D eigenvalue weighted by Crippen LogP contribution is -2.20. The molecule has 3 rings (SSSR count). The van der Waals surface area contributed by atoms with Crippen molar-refractivity contribution in [3.8, 4) is 5.75 Å². The van der Waals surface area contributed by atoms with Gasteiger partial charge in [-0.05, 0) is 54.9 Å². The summed E-state index contributed by atoms with van der Waals surface area (Å²) in [7, 11) is 0. The Hall–Kier alpha value is -2.28.